The highest BCUT2D eigenvalue weighted by Gasteiger charge is 2.45. The molecule has 3 rings (SSSR count). The summed E-state index contributed by atoms with van der Waals surface area (Å²) in [4.78, 5) is 30.3. The second kappa shape index (κ2) is 11.0. The van der Waals surface area contributed by atoms with Crippen molar-refractivity contribution in [3.05, 3.63) is 29.8 Å². The lowest BCUT2D eigenvalue weighted by atomic mass is 9.94. The van der Waals surface area contributed by atoms with Crippen LogP contribution < -0.4 is 10.2 Å². The molecular weight excluding hydrogens is 426 g/mol. The number of hydrazine groups is 1. The van der Waals surface area contributed by atoms with Crippen molar-refractivity contribution in [2.45, 2.75) is 64.0 Å². The maximum atomic E-state index is 13.3. The third-order valence-corrected chi connectivity index (χ3v) is 5.39. The predicted octanol–water partition coefficient (Wildman–Crippen LogP) is 2.21. The molecule has 0 aliphatic carbocycles. The third-order valence-electron chi connectivity index (χ3n) is 5.39. The monoisotopic (exact) mass is 461 g/mol. The van der Waals surface area contributed by atoms with Crippen molar-refractivity contribution < 1.29 is 28.9 Å². The highest BCUT2D eigenvalue weighted by molar-refractivity contribution is 6.00. The van der Waals surface area contributed by atoms with Gasteiger partial charge in [-0.25, -0.2) is 10.0 Å². The highest BCUT2D eigenvalue weighted by atomic mass is 16.6. The number of hydrogen-bond donors (Lipinski definition) is 2. The van der Waals surface area contributed by atoms with Gasteiger partial charge in [-0.05, 0) is 64.3 Å². The minimum absolute atomic E-state index is 0.0551. The van der Waals surface area contributed by atoms with Gasteiger partial charge in [-0.1, -0.05) is 0 Å². The van der Waals surface area contributed by atoms with Crippen molar-refractivity contribution in [2.24, 2.45) is 4.99 Å². The van der Waals surface area contributed by atoms with Crippen molar-refractivity contribution >= 4 is 17.8 Å². The number of aliphatic hydroxyl groups is 1. The molecule has 0 unspecified atom stereocenters. The first-order valence-corrected chi connectivity index (χ1v) is 11.6. The van der Waals surface area contributed by atoms with Gasteiger partial charge in [-0.3, -0.25) is 15.0 Å². The van der Waals surface area contributed by atoms with E-state index in [9.17, 15) is 9.59 Å². The molecule has 1 amide bonds. The normalized spacial score (nSPS) is 20.8. The molecule has 1 aromatic rings. The Morgan fingerprint density at radius 3 is 2.55 bits per heavy atom. The number of benzene rings is 1. The van der Waals surface area contributed by atoms with Crippen LogP contribution in [0.25, 0.3) is 0 Å². The van der Waals surface area contributed by atoms with Crippen LogP contribution in [0.1, 0.15) is 58.4 Å². The molecule has 1 fully saturated rings. The summed E-state index contributed by atoms with van der Waals surface area (Å²) in [5, 5.41) is 10.8. The number of hydrogen-bond acceptors (Lipinski definition) is 8. The van der Waals surface area contributed by atoms with Crippen molar-refractivity contribution in [3.8, 4) is 5.75 Å². The molecule has 1 aromatic carbocycles. The van der Waals surface area contributed by atoms with E-state index in [1.807, 2.05) is 37.9 Å². The minimum atomic E-state index is -1.20. The average molecular weight is 462 g/mol. The molecule has 0 aromatic heterocycles. The van der Waals surface area contributed by atoms with E-state index < -0.39 is 11.1 Å². The van der Waals surface area contributed by atoms with Crippen LogP contribution in [0, 0.1) is 0 Å². The highest BCUT2D eigenvalue weighted by Crippen LogP contribution is 2.29. The van der Waals surface area contributed by atoms with E-state index in [-0.39, 0.29) is 37.9 Å². The zero-order valence-electron chi connectivity index (χ0n) is 19.8. The molecule has 0 saturated carbocycles. The van der Waals surface area contributed by atoms with Gasteiger partial charge < -0.3 is 19.3 Å². The minimum Gasteiger partial charge on any atom is -0.494 e. The zero-order valence-corrected chi connectivity index (χ0v) is 19.8. The largest absolute Gasteiger partial charge is 0.494 e. The Morgan fingerprint density at radius 2 is 1.91 bits per heavy atom. The van der Waals surface area contributed by atoms with Gasteiger partial charge >= 0.3 is 5.97 Å². The number of carbonyl (C=O) groups excluding carboxylic acids is 2. The maximum absolute atomic E-state index is 13.3. The quantitative estimate of drug-likeness (QED) is 0.406. The summed E-state index contributed by atoms with van der Waals surface area (Å²) in [5.74, 6) is 0.391. The Bertz CT molecular complexity index is 843. The van der Waals surface area contributed by atoms with Crippen molar-refractivity contribution in [1.29, 1.82) is 0 Å². The van der Waals surface area contributed by atoms with Gasteiger partial charge in [0.25, 0.3) is 5.91 Å². The molecule has 9 heteroatoms. The Hall–Kier alpha value is -2.65. The Labute approximate surface area is 195 Å². The summed E-state index contributed by atoms with van der Waals surface area (Å²) in [6.07, 6.45) is 2.87. The van der Waals surface area contributed by atoms with E-state index >= 15 is 0 Å². The zero-order chi connectivity index (χ0) is 23.9. The van der Waals surface area contributed by atoms with Crippen LogP contribution in [0.15, 0.2) is 29.3 Å². The molecule has 33 heavy (non-hydrogen) atoms. The van der Waals surface area contributed by atoms with E-state index in [0.717, 1.165) is 31.5 Å². The molecular formula is C24H35N3O6. The van der Waals surface area contributed by atoms with E-state index in [1.54, 1.807) is 12.1 Å². The smallest absolute Gasteiger partial charge is 0.306 e. The summed E-state index contributed by atoms with van der Waals surface area (Å²) in [5.41, 5.74) is 1.88. The Balaban J connectivity index is 1.74. The molecule has 1 atom stereocenters. The predicted molar refractivity (Wildman–Crippen MR) is 123 cm³/mol. The van der Waals surface area contributed by atoms with Crippen molar-refractivity contribution in [1.82, 2.24) is 10.4 Å². The van der Waals surface area contributed by atoms with E-state index in [1.165, 1.54) is 0 Å². The average Bonchev–Trinajstić information content (AvgIpc) is 3.43. The fourth-order valence-electron chi connectivity index (χ4n) is 3.68. The second-order valence-corrected chi connectivity index (χ2v) is 9.41. The van der Waals surface area contributed by atoms with Crippen molar-refractivity contribution in [3.63, 3.8) is 0 Å². The van der Waals surface area contributed by atoms with Crippen LogP contribution in [-0.2, 0) is 19.1 Å². The number of rotatable bonds is 10. The molecule has 2 N–H and O–H groups in total. The number of carbonyl (C=O) groups is 2. The number of aliphatic imine (C=N–C) groups is 1. The lowest BCUT2D eigenvalue weighted by Crippen LogP contribution is -2.52. The molecule has 0 spiro atoms. The maximum Gasteiger partial charge on any atom is 0.306 e. The fourth-order valence-corrected chi connectivity index (χ4v) is 3.68. The van der Waals surface area contributed by atoms with Crippen LogP contribution >= 0.6 is 0 Å². The van der Waals surface area contributed by atoms with Gasteiger partial charge in [0.15, 0.2) is 5.54 Å². The first-order valence-electron chi connectivity index (χ1n) is 11.6. The second-order valence-electron chi connectivity index (χ2n) is 9.41. The van der Waals surface area contributed by atoms with Crippen LogP contribution in [-0.4, -0.2) is 71.9 Å². The van der Waals surface area contributed by atoms with Crippen LogP contribution in [0.5, 0.6) is 5.75 Å². The van der Waals surface area contributed by atoms with E-state index in [2.05, 4.69) is 10.4 Å². The number of nitrogens with zero attached hydrogens (tertiary/aromatic N) is 2. The summed E-state index contributed by atoms with van der Waals surface area (Å²) in [7, 11) is 0. The molecule has 2 aliphatic heterocycles. The summed E-state index contributed by atoms with van der Waals surface area (Å²) < 4.78 is 16.8. The van der Waals surface area contributed by atoms with E-state index in [4.69, 9.17) is 19.3 Å². The number of ether oxygens (including phenoxy) is 3. The topological polar surface area (TPSA) is 110 Å². The van der Waals surface area contributed by atoms with Crippen molar-refractivity contribution in [2.75, 3.05) is 32.9 Å². The lowest BCUT2D eigenvalue weighted by molar-refractivity contribution is -0.155. The fraction of sp³-hybridized carbons (Fsp3) is 0.625. The summed E-state index contributed by atoms with van der Waals surface area (Å²) >= 11 is 0. The number of aliphatic hydroxyl groups excluding tert-OH is 1. The van der Waals surface area contributed by atoms with Gasteiger partial charge in [0.2, 0.25) is 5.90 Å². The third kappa shape index (κ3) is 7.17. The molecule has 1 saturated heterocycles. The molecule has 2 aliphatic rings. The van der Waals surface area contributed by atoms with E-state index in [0.29, 0.717) is 24.7 Å². The van der Waals surface area contributed by atoms with Gasteiger partial charge in [0.1, 0.15) is 18.0 Å². The molecule has 0 radical (unpaired) electrons. The lowest BCUT2D eigenvalue weighted by Gasteiger charge is -2.27. The number of amides is 1. The van der Waals surface area contributed by atoms with Gasteiger partial charge in [0, 0.05) is 38.1 Å². The van der Waals surface area contributed by atoms with Gasteiger partial charge in [-0.15, -0.1) is 0 Å². The Morgan fingerprint density at radius 1 is 1.21 bits per heavy atom. The van der Waals surface area contributed by atoms with Gasteiger partial charge in [0.05, 0.1) is 6.61 Å². The number of nitrogens with one attached hydrogen (secondary N) is 1. The SMILES string of the molecule is CC(C)(C)OC(=O)CC[C@@]1(C(=O)NN2CCCC2)COC(c2ccc(OCCCO)cc2)=N1. The Kier molecular flexibility index (Phi) is 8.31. The first-order chi connectivity index (χ1) is 15.7. The molecule has 2 heterocycles. The molecule has 9 nitrogen and oxygen atoms in total. The summed E-state index contributed by atoms with van der Waals surface area (Å²) in [6.45, 7) is 7.59. The molecule has 0 bridgehead atoms. The standard InChI is InChI=1S/C24H35N3O6/c1-23(2,3)33-20(29)11-12-24(22(30)26-27-13-4-5-14-27)17-32-21(25-24)18-7-9-19(10-8-18)31-16-6-15-28/h7-10,28H,4-6,11-17H2,1-3H3,(H,26,30)/t24-/m0/s1. The van der Waals surface area contributed by atoms with Gasteiger partial charge in [-0.2, -0.15) is 0 Å². The van der Waals surface area contributed by atoms with Crippen LogP contribution in [0.3, 0.4) is 0 Å². The van der Waals surface area contributed by atoms with Crippen LogP contribution in [0.4, 0.5) is 0 Å². The first kappa shape index (κ1) is 25.0. The number of esters is 1. The molecule has 182 valence electrons. The van der Waals surface area contributed by atoms with Crippen LogP contribution in [0.2, 0.25) is 0 Å². The summed E-state index contributed by atoms with van der Waals surface area (Å²) in [6, 6.07) is 7.22.